The molecular formula is C9H10ClN3O2. The summed E-state index contributed by atoms with van der Waals surface area (Å²) < 4.78 is 0. The van der Waals surface area contributed by atoms with Crippen molar-refractivity contribution in [2.75, 3.05) is 11.6 Å². The standard InChI is InChI=1S/C9H10ClN3O2/c10-4-2-1-3-7-5-8(13(14)15)9(11)12-6-7/h1,3,5-6H,2,4H2,(H2,11,12). The van der Waals surface area contributed by atoms with Crippen molar-refractivity contribution in [1.29, 1.82) is 0 Å². The van der Waals surface area contributed by atoms with E-state index in [9.17, 15) is 10.1 Å². The molecule has 0 saturated heterocycles. The summed E-state index contributed by atoms with van der Waals surface area (Å²) in [6.45, 7) is 0. The summed E-state index contributed by atoms with van der Waals surface area (Å²) in [6.07, 6.45) is 5.73. The number of anilines is 1. The van der Waals surface area contributed by atoms with Crippen molar-refractivity contribution in [2.45, 2.75) is 6.42 Å². The van der Waals surface area contributed by atoms with Gasteiger partial charge in [-0.3, -0.25) is 10.1 Å². The normalized spacial score (nSPS) is 10.7. The van der Waals surface area contributed by atoms with E-state index in [1.54, 1.807) is 6.08 Å². The Labute approximate surface area is 91.7 Å². The smallest absolute Gasteiger partial charge is 0.311 e. The van der Waals surface area contributed by atoms with Gasteiger partial charge in [-0.05, 0) is 12.0 Å². The predicted octanol–water partition coefficient (Wildman–Crippen LogP) is 2.21. The second-order valence-corrected chi connectivity index (χ2v) is 3.19. The Kier molecular flexibility index (Phi) is 4.05. The second kappa shape index (κ2) is 5.31. The molecule has 15 heavy (non-hydrogen) atoms. The Hall–Kier alpha value is -1.62. The van der Waals surface area contributed by atoms with Crippen LogP contribution in [0.3, 0.4) is 0 Å². The molecule has 80 valence electrons. The van der Waals surface area contributed by atoms with Gasteiger partial charge < -0.3 is 5.73 Å². The molecule has 2 N–H and O–H groups in total. The molecule has 1 aromatic rings. The van der Waals surface area contributed by atoms with Crippen molar-refractivity contribution >= 4 is 29.2 Å². The largest absolute Gasteiger partial charge is 0.378 e. The number of alkyl halides is 1. The summed E-state index contributed by atoms with van der Waals surface area (Å²) in [5.41, 5.74) is 5.81. The van der Waals surface area contributed by atoms with E-state index in [0.717, 1.165) is 0 Å². The molecule has 1 heterocycles. The van der Waals surface area contributed by atoms with Crippen LogP contribution in [0.5, 0.6) is 0 Å². The van der Waals surface area contributed by atoms with Gasteiger partial charge in [-0.15, -0.1) is 11.6 Å². The molecule has 0 radical (unpaired) electrons. The first-order valence-electron chi connectivity index (χ1n) is 4.27. The van der Waals surface area contributed by atoms with Crippen LogP contribution >= 0.6 is 11.6 Å². The molecule has 0 fully saturated rings. The minimum Gasteiger partial charge on any atom is -0.378 e. The van der Waals surface area contributed by atoms with Gasteiger partial charge in [0.15, 0.2) is 0 Å². The highest BCUT2D eigenvalue weighted by Crippen LogP contribution is 2.20. The van der Waals surface area contributed by atoms with Crippen LogP contribution in [-0.4, -0.2) is 15.8 Å². The number of pyridine rings is 1. The Balaban J connectivity index is 2.92. The van der Waals surface area contributed by atoms with E-state index < -0.39 is 4.92 Å². The lowest BCUT2D eigenvalue weighted by atomic mass is 10.2. The van der Waals surface area contributed by atoms with Crippen molar-refractivity contribution in [3.8, 4) is 0 Å². The lowest BCUT2D eigenvalue weighted by Crippen LogP contribution is -1.98. The average Bonchev–Trinajstić information content (AvgIpc) is 2.20. The molecule has 1 rings (SSSR count). The zero-order chi connectivity index (χ0) is 11.3. The highest BCUT2D eigenvalue weighted by Gasteiger charge is 2.11. The Morgan fingerprint density at radius 2 is 2.40 bits per heavy atom. The summed E-state index contributed by atoms with van der Waals surface area (Å²) >= 11 is 5.48. The fourth-order valence-electron chi connectivity index (χ4n) is 0.999. The maximum atomic E-state index is 10.5. The molecule has 0 amide bonds. The molecule has 6 heteroatoms. The zero-order valence-corrected chi connectivity index (χ0v) is 8.65. The fourth-order valence-corrected chi connectivity index (χ4v) is 1.13. The lowest BCUT2D eigenvalue weighted by Gasteiger charge is -1.97. The summed E-state index contributed by atoms with van der Waals surface area (Å²) in [4.78, 5) is 13.7. The molecular weight excluding hydrogens is 218 g/mol. The van der Waals surface area contributed by atoms with Gasteiger partial charge in [0.2, 0.25) is 5.82 Å². The predicted molar refractivity (Wildman–Crippen MR) is 59.7 cm³/mol. The van der Waals surface area contributed by atoms with Gasteiger partial charge in [0.05, 0.1) is 4.92 Å². The summed E-state index contributed by atoms with van der Waals surface area (Å²) in [5.74, 6) is 0.440. The third kappa shape index (κ3) is 3.21. The molecule has 0 aromatic carbocycles. The van der Waals surface area contributed by atoms with Gasteiger partial charge in [0.25, 0.3) is 0 Å². The zero-order valence-electron chi connectivity index (χ0n) is 7.89. The van der Waals surface area contributed by atoms with Gasteiger partial charge in [0, 0.05) is 18.1 Å². The van der Waals surface area contributed by atoms with E-state index in [1.165, 1.54) is 12.3 Å². The molecule has 0 aliphatic carbocycles. The van der Waals surface area contributed by atoms with Crippen LogP contribution in [0.1, 0.15) is 12.0 Å². The molecule has 0 bridgehead atoms. The first-order chi connectivity index (χ1) is 7.15. The van der Waals surface area contributed by atoms with Gasteiger partial charge >= 0.3 is 5.69 Å². The molecule has 0 aliphatic heterocycles. The van der Waals surface area contributed by atoms with Crippen LogP contribution in [-0.2, 0) is 0 Å². The number of hydrogen-bond acceptors (Lipinski definition) is 4. The van der Waals surface area contributed by atoms with Crippen molar-refractivity contribution in [2.24, 2.45) is 0 Å². The van der Waals surface area contributed by atoms with Crippen LogP contribution in [0.25, 0.3) is 6.08 Å². The van der Waals surface area contributed by atoms with Crippen LogP contribution in [0, 0.1) is 10.1 Å². The van der Waals surface area contributed by atoms with Crippen molar-refractivity contribution in [3.63, 3.8) is 0 Å². The SMILES string of the molecule is Nc1ncc(C=CCCCl)cc1[N+](=O)[O-]. The first kappa shape index (κ1) is 11.5. The average molecular weight is 228 g/mol. The Morgan fingerprint density at radius 3 is 3.00 bits per heavy atom. The lowest BCUT2D eigenvalue weighted by molar-refractivity contribution is -0.384. The third-order valence-corrected chi connectivity index (χ3v) is 1.92. The highest BCUT2D eigenvalue weighted by molar-refractivity contribution is 6.17. The van der Waals surface area contributed by atoms with Gasteiger partial charge in [0.1, 0.15) is 0 Å². The molecule has 0 spiro atoms. The summed E-state index contributed by atoms with van der Waals surface area (Å²) in [6, 6.07) is 1.38. The monoisotopic (exact) mass is 227 g/mol. The number of halogens is 1. The van der Waals surface area contributed by atoms with E-state index >= 15 is 0 Å². The van der Waals surface area contributed by atoms with E-state index in [2.05, 4.69) is 4.98 Å². The van der Waals surface area contributed by atoms with E-state index in [1.807, 2.05) is 6.08 Å². The van der Waals surface area contributed by atoms with Crippen LogP contribution in [0.15, 0.2) is 18.3 Å². The maximum Gasteiger partial charge on any atom is 0.311 e. The molecule has 5 nitrogen and oxygen atoms in total. The summed E-state index contributed by atoms with van der Waals surface area (Å²) in [7, 11) is 0. The summed E-state index contributed by atoms with van der Waals surface area (Å²) in [5, 5.41) is 10.5. The van der Waals surface area contributed by atoms with Crippen molar-refractivity contribution in [3.05, 3.63) is 34.0 Å². The van der Waals surface area contributed by atoms with Gasteiger partial charge in [-0.2, -0.15) is 0 Å². The fraction of sp³-hybridized carbons (Fsp3) is 0.222. The number of nitro groups is 1. The molecule has 0 atom stereocenters. The van der Waals surface area contributed by atoms with Crippen molar-refractivity contribution < 1.29 is 4.92 Å². The number of nitrogens with two attached hydrogens (primary N) is 1. The van der Waals surface area contributed by atoms with E-state index in [4.69, 9.17) is 17.3 Å². The molecule has 0 saturated carbocycles. The van der Waals surface area contributed by atoms with E-state index in [-0.39, 0.29) is 11.5 Å². The van der Waals surface area contributed by atoms with Crippen LogP contribution in [0.2, 0.25) is 0 Å². The highest BCUT2D eigenvalue weighted by atomic mass is 35.5. The maximum absolute atomic E-state index is 10.5. The van der Waals surface area contributed by atoms with E-state index in [0.29, 0.717) is 17.9 Å². The van der Waals surface area contributed by atoms with Crippen molar-refractivity contribution in [1.82, 2.24) is 4.98 Å². The number of aromatic nitrogens is 1. The Morgan fingerprint density at radius 1 is 1.67 bits per heavy atom. The molecule has 0 unspecified atom stereocenters. The minimum absolute atomic E-state index is 0.0745. The molecule has 1 aromatic heterocycles. The third-order valence-electron chi connectivity index (χ3n) is 1.70. The molecule has 0 aliphatic rings. The second-order valence-electron chi connectivity index (χ2n) is 2.81. The topological polar surface area (TPSA) is 82.0 Å². The van der Waals surface area contributed by atoms with Crippen LogP contribution < -0.4 is 5.73 Å². The quantitative estimate of drug-likeness (QED) is 0.486. The van der Waals surface area contributed by atoms with Crippen LogP contribution in [0.4, 0.5) is 11.5 Å². The minimum atomic E-state index is -0.554. The number of rotatable bonds is 4. The number of nitrogens with zero attached hydrogens (tertiary/aromatic N) is 2. The van der Waals surface area contributed by atoms with Gasteiger partial charge in [-0.1, -0.05) is 12.2 Å². The van der Waals surface area contributed by atoms with Gasteiger partial charge in [-0.25, -0.2) is 4.98 Å². The first-order valence-corrected chi connectivity index (χ1v) is 4.81. The number of allylic oxidation sites excluding steroid dienone is 1. The Bertz CT molecular complexity index is 393. The number of hydrogen-bond donors (Lipinski definition) is 1. The number of nitrogen functional groups attached to an aromatic ring is 1.